The first kappa shape index (κ1) is 19.6. The molecule has 148 valence electrons. The zero-order chi connectivity index (χ0) is 20.1. The van der Waals surface area contributed by atoms with Crippen molar-refractivity contribution < 1.29 is 14.5 Å². The van der Waals surface area contributed by atoms with Crippen LogP contribution in [0.4, 0.5) is 11.4 Å². The fourth-order valence-electron chi connectivity index (χ4n) is 3.48. The summed E-state index contributed by atoms with van der Waals surface area (Å²) >= 11 is 0. The van der Waals surface area contributed by atoms with Crippen molar-refractivity contribution in [2.45, 2.75) is 18.9 Å². The SMILES string of the molecule is Cn1cccc1C(CNC(=O)C(=O)Nc1ccccc1[N+](=O)[O-])N1CCCC1. The lowest BCUT2D eigenvalue weighted by Crippen LogP contribution is -2.41. The number of nitrogens with one attached hydrogen (secondary N) is 2. The van der Waals surface area contributed by atoms with Gasteiger partial charge in [-0.3, -0.25) is 24.6 Å². The Hall–Kier alpha value is -3.20. The zero-order valence-electron chi connectivity index (χ0n) is 15.6. The Bertz CT molecular complexity index is 873. The molecular weight excluding hydrogens is 362 g/mol. The van der Waals surface area contributed by atoms with E-state index in [2.05, 4.69) is 15.5 Å². The highest BCUT2D eigenvalue weighted by Gasteiger charge is 2.27. The summed E-state index contributed by atoms with van der Waals surface area (Å²) in [5.74, 6) is -1.75. The molecule has 1 aliphatic heterocycles. The largest absolute Gasteiger partial charge is 0.353 e. The summed E-state index contributed by atoms with van der Waals surface area (Å²) < 4.78 is 2.00. The third-order valence-electron chi connectivity index (χ3n) is 4.92. The minimum absolute atomic E-state index is 0.00817. The highest BCUT2D eigenvalue weighted by atomic mass is 16.6. The van der Waals surface area contributed by atoms with Gasteiger partial charge in [-0.1, -0.05) is 12.1 Å². The molecule has 2 heterocycles. The van der Waals surface area contributed by atoms with Gasteiger partial charge in [-0.15, -0.1) is 0 Å². The Morgan fingerprint density at radius 3 is 2.50 bits per heavy atom. The quantitative estimate of drug-likeness (QED) is 0.448. The van der Waals surface area contributed by atoms with E-state index in [4.69, 9.17) is 0 Å². The summed E-state index contributed by atoms with van der Waals surface area (Å²) in [5, 5.41) is 16.0. The number of benzene rings is 1. The number of rotatable bonds is 6. The molecule has 3 rings (SSSR count). The normalized spacial score (nSPS) is 15.2. The predicted molar refractivity (Wildman–Crippen MR) is 104 cm³/mol. The topological polar surface area (TPSA) is 110 Å². The van der Waals surface area contributed by atoms with Gasteiger partial charge in [0.1, 0.15) is 5.69 Å². The number of carbonyl (C=O) groups excluding carboxylic acids is 2. The van der Waals surface area contributed by atoms with Crippen molar-refractivity contribution in [2.75, 3.05) is 25.0 Å². The highest BCUT2D eigenvalue weighted by Crippen LogP contribution is 2.25. The number of aromatic nitrogens is 1. The van der Waals surface area contributed by atoms with E-state index in [1.807, 2.05) is 29.9 Å². The van der Waals surface area contributed by atoms with Gasteiger partial charge in [-0.05, 0) is 44.1 Å². The first-order chi connectivity index (χ1) is 13.5. The maximum absolute atomic E-state index is 12.3. The molecule has 2 amide bonds. The molecule has 1 unspecified atom stereocenters. The third-order valence-corrected chi connectivity index (χ3v) is 4.92. The van der Waals surface area contributed by atoms with E-state index >= 15 is 0 Å². The number of amides is 2. The number of carbonyl (C=O) groups is 2. The van der Waals surface area contributed by atoms with Gasteiger partial charge >= 0.3 is 11.8 Å². The summed E-state index contributed by atoms with van der Waals surface area (Å²) in [4.78, 5) is 37.2. The standard InChI is InChI=1S/C19H23N5O4/c1-22-10-6-9-16(22)17(23-11-4-5-12-23)13-20-18(25)19(26)21-14-7-2-3-8-15(14)24(27)28/h2-3,6-10,17H,4-5,11-13H2,1H3,(H,20,25)(H,21,26). The van der Waals surface area contributed by atoms with Gasteiger partial charge in [0.15, 0.2) is 0 Å². The average molecular weight is 385 g/mol. The van der Waals surface area contributed by atoms with Gasteiger partial charge < -0.3 is 15.2 Å². The Kier molecular flexibility index (Phi) is 6.05. The minimum Gasteiger partial charge on any atom is -0.353 e. The van der Waals surface area contributed by atoms with Crippen LogP contribution in [0, 0.1) is 10.1 Å². The number of nitrogens with zero attached hydrogens (tertiary/aromatic N) is 3. The molecule has 1 aromatic carbocycles. The molecule has 1 aromatic heterocycles. The van der Waals surface area contributed by atoms with Crippen LogP contribution < -0.4 is 10.6 Å². The number of para-hydroxylation sites is 2. The lowest BCUT2D eigenvalue weighted by Gasteiger charge is -2.28. The van der Waals surface area contributed by atoms with Gasteiger partial charge in [0, 0.05) is 31.5 Å². The van der Waals surface area contributed by atoms with Crippen LogP contribution in [0.1, 0.15) is 24.6 Å². The van der Waals surface area contributed by atoms with Crippen molar-refractivity contribution in [1.29, 1.82) is 0 Å². The van der Waals surface area contributed by atoms with Crippen molar-refractivity contribution in [2.24, 2.45) is 7.05 Å². The van der Waals surface area contributed by atoms with Gasteiger partial charge in [-0.25, -0.2) is 0 Å². The van der Waals surface area contributed by atoms with Crippen LogP contribution >= 0.6 is 0 Å². The number of hydrogen-bond acceptors (Lipinski definition) is 5. The molecule has 1 saturated heterocycles. The van der Waals surface area contributed by atoms with E-state index < -0.39 is 16.7 Å². The van der Waals surface area contributed by atoms with E-state index in [1.54, 1.807) is 6.07 Å². The van der Waals surface area contributed by atoms with Gasteiger partial charge in [0.2, 0.25) is 0 Å². The van der Waals surface area contributed by atoms with E-state index in [1.165, 1.54) is 18.2 Å². The molecule has 2 aromatic rings. The first-order valence-corrected chi connectivity index (χ1v) is 9.15. The maximum Gasteiger partial charge on any atom is 0.313 e. The average Bonchev–Trinajstić information content (AvgIpc) is 3.35. The van der Waals surface area contributed by atoms with Crippen molar-refractivity contribution in [3.63, 3.8) is 0 Å². The Morgan fingerprint density at radius 2 is 1.86 bits per heavy atom. The molecule has 0 aliphatic carbocycles. The zero-order valence-corrected chi connectivity index (χ0v) is 15.6. The summed E-state index contributed by atoms with van der Waals surface area (Å²) in [5.41, 5.74) is 0.787. The molecule has 0 bridgehead atoms. The van der Waals surface area contributed by atoms with Crippen molar-refractivity contribution >= 4 is 23.2 Å². The molecule has 1 fully saturated rings. The van der Waals surface area contributed by atoms with E-state index in [9.17, 15) is 19.7 Å². The number of likely N-dealkylation sites (tertiary alicyclic amines) is 1. The third kappa shape index (κ3) is 4.37. The van der Waals surface area contributed by atoms with Crippen LogP contribution in [0.25, 0.3) is 0 Å². The molecular formula is C19H23N5O4. The second-order valence-corrected chi connectivity index (χ2v) is 6.74. The second kappa shape index (κ2) is 8.66. The predicted octanol–water partition coefficient (Wildman–Crippen LogP) is 1.83. The second-order valence-electron chi connectivity index (χ2n) is 6.74. The van der Waals surface area contributed by atoms with Gasteiger partial charge in [-0.2, -0.15) is 0 Å². The molecule has 9 nitrogen and oxygen atoms in total. The summed E-state index contributed by atoms with van der Waals surface area (Å²) in [6.07, 6.45) is 4.15. The Morgan fingerprint density at radius 1 is 1.14 bits per heavy atom. The molecule has 1 atom stereocenters. The molecule has 28 heavy (non-hydrogen) atoms. The van der Waals surface area contributed by atoms with Crippen molar-refractivity contribution in [1.82, 2.24) is 14.8 Å². The Labute approximate surface area is 162 Å². The monoisotopic (exact) mass is 385 g/mol. The molecule has 9 heteroatoms. The molecule has 0 radical (unpaired) electrons. The summed E-state index contributed by atoms with van der Waals surface area (Å²) in [6, 6.07) is 9.62. The summed E-state index contributed by atoms with van der Waals surface area (Å²) in [7, 11) is 1.95. The van der Waals surface area contributed by atoms with Gasteiger partial charge in [0.05, 0.1) is 11.0 Å². The highest BCUT2D eigenvalue weighted by molar-refractivity contribution is 6.39. The molecule has 2 N–H and O–H groups in total. The molecule has 1 aliphatic rings. The first-order valence-electron chi connectivity index (χ1n) is 9.15. The van der Waals surface area contributed by atoms with E-state index in [0.717, 1.165) is 31.6 Å². The van der Waals surface area contributed by atoms with Crippen LogP contribution in [0.2, 0.25) is 0 Å². The van der Waals surface area contributed by atoms with Crippen LogP contribution in [0.5, 0.6) is 0 Å². The Balaban J connectivity index is 1.65. The fraction of sp³-hybridized carbons (Fsp3) is 0.368. The van der Waals surface area contributed by atoms with Crippen LogP contribution in [0.3, 0.4) is 0 Å². The lowest BCUT2D eigenvalue weighted by atomic mass is 10.1. The number of aryl methyl sites for hydroxylation is 1. The number of nitro benzene ring substituents is 1. The number of hydrogen-bond donors (Lipinski definition) is 2. The fourth-order valence-corrected chi connectivity index (χ4v) is 3.48. The molecule has 0 spiro atoms. The smallest absolute Gasteiger partial charge is 0.313 e. The van der Waals surface area contributed by atoms with E-state index in [-0.39, 0.29) is 24.0 Å². The van der Waals surface area contributed by atoms with Crippen molar-refractivity contribution in [3.05, 3.63) is 58.4 Å². The van der Waals surface area contributed by atoms with Crippen LogP contribution in [-0.2, 0) is 16.6 Å². The van der Waals surface area contributed by atoms with Gasteiger partial charge in [0.25, 0.3) is 5.69 Å². The van der Waals surface area contributed by atoms with Crippen LogP contribution in [0.15, 0.2) is 42.6 Å². The minimum atomic E-state index is -0.929. The van der Waals surface area contributed by atoms with E-state index in [0.29, 0.717) is 0 Å². The summed E-state index contributed by atoms with van der Waals surface area (Å²) in [6.45, 7) is 2.16. The van der Waals surface area contributed by atoms with Crippen molar-refractivity contribution in [3.8, 4) is 0 Å². The molecule has 0 saturated carbocycles. The number of anilines is 1. The van der Waals surface area contributed by atoms with Crippen LogP contribution in [-0.4, -0.2) is 45.8 Å². The number of nitro groups is 1. The lowest BCUT2D eigenvalue weighted by molar-refractivity contribution is -0.383. The maximum atomic E-state index is 12.3.